The highest BCUT2D eigenvalue weighted by Gasteiger charge is 2.68. The van der Waals surface area contributed by atoms with Crippen LogP contribution in [0.15, 0.2) is 23.8 Å². The molecule has 0 amide bonds. The highest BCUT2D eigenvalue weighted by atomic mass is 16.6. The van der Waals surface area contributed by atoms with Gasteiger partial charge in [0.15, 0.2) is 0 Å². The SMILES string of the molecule is CCCC1(C)/C(=C\C=O)C2OC2C2C1CCC1(C)C(C/C=C/C(=O)OCC)CCC21. The Morgan fingerprint density at radius 3 is 2.70 bits per heavy atom. The van der Waals surface area contributed by atoms with E-state index < -0.39 is 0 Å². The summed E-state index contributed by atoms with van der Waals surface area (Å²) in [7, 11) is 0. The Labute approximate surface area is 181 Å². The first-order valence-electron chi connectivity index (χ1n) is 12.0. The number of hydrogen-bond acceptors (Lipinski definition) is 4. The van der Waals surface area contributed by atoms with Crippen LogP contribution in [0.5, 0.6) is 0 Å². The van der Waals surface area contributed by atoms with Gasteiger partial charge in [-0.3, -0.25) is 4.79 Å². The van der Waals surface area contributed by atoms with Crippen molar-refractivity contribution in [1.29, 1.82) is 0 Å². The van der Waals surface area contributed by atoms with Gasteiger partial charge in [0.25, 0.3) is 0 Å². The van der Waals surface area contributed by atoms with Crippen LogP contribution in [0, 0.1) is 34.5 Å². The number of carbonyl (C=O) groups excluding carboxylic acids is 2. The highest BCUT2D eigenvalue weighted by Crippen LogP contribution is 2.69. The molecule has 1 heterocycles. The molecule has 4 heteroatoms. The Balaban J connectivity index is 1.55. The van der Waals surface area contributed by atoms with Crippen LogP contribution in [0.25, 0.3) is 0 Å². The van der Waals surface area contributed by atoms with Crippen molar-refractivity contribution in [3.05, 3.63) is 23.8 Å². The van der Waals surface area contributed by atoms with E-state index in [4.69, 9.17) is 9.47 Å². The van der Waals surface area contributed by atoms with Crippen molar-refractivity contribution < 1.29 is 19.1 Å². The average molecular weight is 415 g/mol. The van der Waals surface area contributed by atoms with Crippen molar-refractivity contribution in [2.75, 3.05) is 6.61 Å². The normalized spacial score (nSPS) is 45.7. The topological polar surface area (TPSA) is 55.9 Å². The van der Waals surface area contributed by atoms with E-state index in [1.807, 2.05) is 19.1 Å². The van der Waals surface area contributed by atoms with E-state index in [0.29, 0.717) is 41.8 Å². The maximum atomic E-state index is 11.7. The number of esters is 1. The van der Waals surface area contributed by atoms with Crippen LogP contribution in [-0.2, 0) is 19.1 Å². The lowest BCUT2D eigenvalue weighted by Crippen LogP contribution is -2.52. The molecule has 4 nitrogen and oxygen atoms in total. The molecule has 4 fully saturated rings. The van der Waals surface area contributed by atoms with Crippen LogP contribution in [-0.4, -0.2) is 31.1 Å². The lowest BCUT2D eigenvalue weighted by Gasteiger charge is -2.56. The van der Waals surface area contributed by atoms with Crippen LogP contribution in [0.4, 0.5) is 0 Å². The summed E-state index contributed by atoms with van der Waals surface area (Å²) in [5.41, 5.74) is 1.66. The third-order valence-corrected chi connectivity index (χ3v) is 9.20. The predicted octanol–water partition coefficient (Wildman–Crippen LogP) is 5.27. The Morgan fingerprint density at radius 1 is 1.20 bits per heavy atom. The Hall–Kier alpha value is -1.42. The summed E-state index contributed by atoms with van der Waals surface area (Å²) >= 11 is 0. The summed E-state index contributed by atoms with van der Waals surface area (Å²) in [4.78, 5) is 23.1. The maximum Gasteiger partial charge on any atom is 0.330 e. The Bertz CT molecular complexity index is 739. The largest absolute Gasteiger partial charge is 0.463 e. The molecule has 4 rings (SSSR count). The quantitative estimate of drug-likeness (QED) is 0.247. The minimum Gasteiger partial charge on any atom is -0.463 e. The van der Waals surface area contributed by atoms with E-state index in [1.54, 1.807) is 6.08 Å². The van der Waals surface area contributed by atoms with Crippen molar-refractivity contribution in [1.82, 2.24) is 0 Å². The molecule has 8 atom stereocenters. The van der Waals surface area contributed by atoms with E-state index in [9.17, 15) is 9.59 Å². The molecule has 30 heavy (non-hydrogen) atoms. The summed E-state index contributed by atoms with van der Waals surface area (Å²) in [5.74, 6) is 2.29. The molecule has 0 N–H and O–H groups in total. The van der Waals surface area contributed by atoms with Crippen LogP contribution >= 0.6 is 0 Å². The standard InChI is InChI=1S/C26H38O4/c1-5-14-26(4)19-12-15-25(3)17(8-7-9-21(28)29-6-2)10-11-18(25)22(19)24-23(30-24)20(26)13-16-27/h7,9,13,16-19,22-24H,5-6,8,10-12,14-15H2,1-4H3/b9-7+,20-13-. The van der Waals surface area contributed by atoms with E-state index in [-0.39, 0.29) is 17.5 Å². The summed E-state index contributed by atoms with van der Waals surface area (Å²) in [6.45, 7) is 9.42. The molecule has 4 aliphatic rings. The molecule has 166 valence electrons. The van der Waals surface area contributed by atoms with E-state index in [0.717, 1.165) is 25.5 Å². The smallest absolute Gasteiger partial charge is 0.330 e. The van der Waals surface area contributed by atoms with Gasteiger partial charge in [0.1, 0.15) is 12.4 Å². The lowest BCUT2D eigenvalue weighted by atomic mass is 9.47. The zero-order chi connectivity index (χ0) is 21.5. The van der Waals surface area contributed by atoms with Gasteiger partial charge in [0.05, 0.1) is 12.7 Å². The van der Waals surface area contributed by atoms with Gasteiger partial charge in [-0.05, 0) is 91.6 Å². The fourth-order valence-corrected chi connectivity index (χ4v) is 7.82. The average Bonchev–Trinajstić information content (AvgIpc) is 3.42. The molecule has 3 saturated carbocycles. The van der Waals surface area contributed by atoms with Crippen LogP contribution < -0.4 is 0 Å². The molecule has 8 unspecified atom stereocenters. The van der Waals surface area contributed by atoms with Crippen molar-refractivity contribution in [3.8, 4) is 0 Å². The zero-order valence-electron chi connectivity index (χ0n) is 19.1. The highest BCUT2D eigenvalue weighted by molar-refractivity contribution is 5.81. The van der Waals surface area contributed by atoms with Gasteiger partial charge in [0, 0.05) is 6.08 Å². The van der Waals surface area contributed by atoms with Crippen molar-refractivity contribution in [3.63, 3.8) is 0 Å². The molecular formula is C26H38O4. The summed E-state index contributed by atoms with van der Waals surface area (Å²) < 4.78 is 11.3. The molecule has 1 saturated heterocycles. The second-order valence-electron chi connectivity index (χ2n) is 10.4. The lowest BCUT2D eigenvalue weighted by molar-refractivity contribution is -0.137. The van der Waals surface area contributed by atoms with Crippen LogP contribution in [0.3, 0.4) is 0 Å². The fraction of sp³-hybridized carbons (Fsp3) is 0.769. The number of allylic oxidation sites excluding steroid dienone is 2. The van der Waals surface area contributed by atoms with Gasteiger partial charge in [-0.2, -0.15) is 0 Å². The van der Waals surface area contributed by atoms with Crippen LogP contribution in [0.2, 0.25) is 0 Å². The first-order valence-corrected chi connectivity index (χ1v) is 12.0. The van der Waals surface area contributed by atoms with Crippen molar-refractivity contribution >= 4 is 12.3 Å². The molecule has 0 bridgehead atoms. The number of fused-ring (bicyclic) bond motifs is 5. The second kappa shape index (κ2) is 8.26. The summed E-state index contributed by atoms with van der Waals surface area (Å²) in [6.07, 6.45) is 15.1. The molecule has 0 aromatic rings. The van der Waals surface area contributed by atoms with E-state index in [1.165, 1.54) is 31.3 Å². The monoisotopic (exact) mass is 414 g/mol. The van der Waals surface area contributed by atoms with E-state index in [2.05, 4.69) is 20.8 Å². The molecule has 3 aliphatic carbocycles. The minimum atomic E-state index is -0.229. The fourth-order valence-electron chi connectivity index (χ4n) is 7.82. The predicted molar refractivity (Wildman–Crippen MR) is 117 cm³/mol. The third-order valence-electron chi connectivity index (χ3n) is 9.20. The van der Waals surface area contributed by atoms with Gasteiger partial charge in [-0.15, -0.1) is 0 Å². The van der Waals surface area contributed by atoms with Gasteiger partial charge in [-0.25, -0.2) is 4.79 Å². The van der Waals surface area contributed by atoms with E-state index >= 15 is 0 Å². The number of rotatable bonds is 7. The van der Waals surface area contributed by atoms with Crippen LogP contribution in [0.1, 0.15) is 72.6 Å². The number of carbonyl (C=O) groups is 2. The summed E-state index contributed by atoms with van der Waals surface area (Å²) in [6, 6.07) is 0. The van der Waals surface area contributed by atoms with Gasteiger partial charge in [-0.1, -0.05) is 33.3 Å². The third kappa shape index (κ3) is 3.39. The first-order chi connectivity index (χ1) is 14.4. The summed E-state index contributed by atoms with van der Waals surface area (Å²) in [5, 5.41) is 0. The van der Waals surface area contributed by atoms with Gasteiger partial charge < -0.3 is 9.47 Å². The molecule has 0 radical (unpaired) electrons. The van der Waals surface area contributed by atoms with Gasteiger partial charge in [0.2, 0.25) is 0 Å². The number of aldehydes is 1. The molecule has 0 spiro atoms. The minimum absolute atomic E-state index is 0.0845. The zero-order valence-corrected chi connectivity index (χ0v) is 19.1. The van der Waals surface area contributed by atoms with Gasteiger partial charge >= 0.3 is 5.97 Å². The maximum absolute atomic E-state index is 11.7. The Kier molecular flexibility index (Phi) is 6.00. The molecular weight excluding hydrogens is 376 g/mol. The number of epoxide rings is 1. The molecule has 0 aromatic heterocycles. The molecule has 0 aromatic carbocycles. The molecule has 1 aliphatic heterocycles. The van der Waals surface area contributed by atoms with Crippen molar-refractivity contribution in [2.45, 2.75) is 84.8 Å². The second-order valence-corrected chi connectivity index (χ2v) is 10.4. The number of ether oxygens (including phenoxy) is 2. The Morgan fingerprint density at radius 2 is 2.00 bits per heavy atom. The first kappa shape index (κ1) is 21.8. The van der Waals surface area contributed by atoms with Crippen molar-refractivity contribution in [2.24, 2.45) is 34.5 Å². The number of hydrogen-bond donors (Lipinski definition) is 0.